The molecular formula is C38H32N2O2S2. The van der Waals surface area contributed by atoms with Crippen LogP contribution < -0.4 is 0 Å². The van der Waals surface area contributed by atoms with Crippen molar-refractivity contribution in [1.82, 2.24) is 0 Å². The molecule has 6 heteroatoms. The highest BCUT2D eigenvalue weighted by molar-refractivity contribution is 7.99. The Morgan fingerprint density at radius 1 is 0.545 bits per heavy atom. The van der Waals surface area contributed by atoms with E-state index < -0.39 is 0 Å². The number of phenols is 2. The first-order valence-electron chi connectivity index (χ1n) is 14.2. The van der Waals surface area contributed by atoms with Crippen LogP contribution >= 0.6 is 23.5 Å². The lowest BCUT2D eigenvalue weighted by atomic mass is 9.91. The highest BCUT2D eigenvalue weighted by Gasteiger charge is 2.17. The Balaban J connectivity index is 1.61. The van der Waals surface area contributed by atoms with Crippen LogP contribution in [0.3, 0.4) is 0 Å². The van der Waals surface area contributed by atoms with Crippen LogP contribution in [0.25, 0.3) is 32.7 Å². The van der Waals surface area contributed by atoms with Gasteiger partial charge in [0, 0.05) is 44.5 Å². The molecule has 4 nitrogen and oxygen atoms in total. The number of nitrogens with zero attached hydrogens (tertiary/aromatic N) is 2. The fourth-order valence-corrected chi connectivity index (χ4v) is 6.82. The van der Waals surface area contributed by atoms with Gasteiger partial charge in [0.1, 0.15) is 11.5 Å². The second-order valence-electron chi connectivity index (χ2n) is 10.7. The summed E-state index contributed by atoms with van der Waals surface area (Å²) in [7, 11) is 0. The molecule has 218 valence electrons. The average molecular weight is 613 g/mol. The van der Waals surface area contributed by atoms with Gasteiger partial charge in [-0.25, -0.2) is 0 Å². The Bertz CT molecular complexity index is 1950. The predicted octanol–water partition coefficient (Wildman–Crippen LogP) is 10.6. The van der Waals surface area contributed by atoms with Crippen molar-refractivity contribution in [3.63, 3.8) is 0 Å². The molecule has 6 rings (SSSR count). The summed E-state index contributed by atoms with van der Waals surface area (Å²) in [5, 5.41) is 26.2. The van der Waals surface area contributed by atoms with Gasteiger partial charge in [-0.15, -0.1) is 23.5 Å². The summed E-state index contributed by atoms with van der Waals surface area (Å²) >= 11 is 3.02. The summed E-state index contributed by atoms with van der Waals surface area (Å²) in [6, 6.07) is 32.7. The Kier molecular flexibility index (Phi) is 8.47. The van der Waals surface area contributed by atoms with Crippen molar-refractivity contribution in [1.29, 1.82) is 0 Å². The lowest BCUT2D eigenvalue weighted by Gasteiger charge is -2.16. The smallest absolute Gasteiger partial charge is 0.137 e. The number of aromatic hydroxyl groups is 2. The quantitative estimate of drug-likeness (QED) is 0.139. The topological polar surface area (TPSA) is 65.2 Å². The number of benzene rings is 6. The van der Waals surface area contributed by atoms with Crippen LogP contribution in [0.15, 0.2) is 117 Å². The summed E-state index contributed by atoms with van der Waals surface area (Å²) in [4.78, 5) is 11.7. The first-order chi connectivity index (χ1) is 21.4. The maximum Gasteiger partial charge on any atom is 0.137 e. The monoisotopic (exact) mass is 612 g/mol. The minimum atomic E-state index is 0.229. The highest BCUT2D eigenvalue weighted by atomic mass is 32.2. The van der Waals surface area contributed by atoms with Gasteiger partial charge >= 0.3 is 0 Å². The molecule has 0 bridgehead atoms. The van der Waals surface area contributed by atoms with Crippen LogP contribution in [-0.2, 0) is 0 Å². The van der Waals surface area contributed by atoms with Crippen LogP contribution in [0.5, 0.6) is 11.5 Å². The zero-order valence-corrected chi connectivity index (χ0v) is 26.6. The maximum absolute atomic E-state index is 10.9. The second kappa shape index (κ2) is 12.6. The minimum absolute atomic E-state index is 0.229. The molecule has 0 atom stereocenters. The molecule has 0 unspecified atom stereocenters. The minimum Gasteiger partial charge on any atom is -0.506 e. The van der Waals surface area contributed by atoms with Gasteiger partial charge in [-0.3, -0.25) is 9.98 Å². The van der Waals surface area contributed by atoms with Crippen molar-refractivity contribution in [2.45, 2.75) is 23.6 Å². The molecule has 0 amide bonds. The van der Waals surface area contributed by atoms with E-state index in [4.69, 9.17) is 9.98 Å². The molecule has 0 fully saturated rings. The lowest BCUT2D eigenvalue weighted by molar-refractivity contribution is 0.461. The molecule has 0 aliphatic rings. The van der Waals surface area contributed by atoms with E-state index in [-0.39, 0.29) is 11.5 Å². The van der Waals surface area contributed by atoms with Gasteiger partial charge in [0.15, 0.2) is 0 Å². The molecule has 0 aromatic heterocycles. The molecule has 0 spiro atoms. The Morgan fingerprint density at radius 2 is 0.955 bits per heavy atom. The first-order valence-corrected chi connectivity index (χ1v) is 16.7. The van der Waals surface area contributed by atoms with Crippen molar-refractivity contribution in [2.24, 2.45) is 9.98 Å². The third-order valence-electron chi connectivity index (χ3n) is 7.69. The second-order valence-corrected chi connectivity index (χ2v) is 12.4. The van der Waals surface area contributed by atoms with Crippen molar-refractivity contribution in [2.75, 3.05) is 12.5 Å². The fraction of sp³-hybridized carbons (Fsp3) is 0.105. The zero-order valence-electron chi connectivity index (χ0n) is 25.0. The van der Waals surface area contributed by atoms with Gasteiger partial charge < -0.3 is 10.2 Å². The van der Waals surface area contributed by atoms with Gasteiger partial charge in [0.2, 0.25) is 0 Å². The zero-order chi connectivity index (χ0) is 30.8. The Hall–Kier alpha value is -4.52. The Labute approximate surface area is 266 Å². The van der Waals surface area contributed by atoms with Crippen molar-refractivity contribution >= 4 is 68.9 Å². The summed E-state index contributed by atoms with van der Waals surface area (Å²) in [6.07, 6.45) is 7.41. The fourth-order valence-electron chi connectivity index (χ4n) is 5.59. The third-order valence-corrected chi connectivity index (χ3v) is 9.19. The number of fused-ring (bicyclic) bond motifs is 2. The van der Waals surface area contributed by atoms with Crippen molar-refractivity contribution < 1.29 is 10.2 Å². The highest BCUT2D eigenvalue weighted by Crippen LogP contribution is 2.46. The van der Waals surface area contributed by atoms with Crippen molar-refractivity contribution in [3.05, 3.63) is 119 Å². The van der Waals surface area contributed by atoms with E-state index in [1.165, 1.54) is 23.5 Å². The average Bonchev–Trinajstić information content (AvgIpc) is 3.04. The Morgan fingerprint density at radius 3 is 1.36 bits per heavy atom. The van der Waals surface area contributed by atoms with Gasteiger partial charge in [0.05, 0.1) is 11.4 Å². The number of thioether (sulfide) groups is 2. The number of phenolic OH excluding ortho intramolecular Hbond substituents is 2. The van der Waals surface area contributed by atoms with Gasteiger partial charge in [-0.2, -0.15) is 0 Å². The lowest BCUT2D eigenvalue weighted by Crippen LogP contribution is -1.91. The molecule has 6 aromatic rings. The maximum atomic E-state index is 10.9. The molecule has 0 heterocycles. The standard InChI is InChI=1S/C38H32N2O2S2/c1-23-17-27(37(41)33(19-23)43-3)21-39-31-15-13-25-9-5-7-11-29(25)35(31)36-30-12-8-6-10-26(30)14-16-32(36)40-22-28-18-24(2)20-34(44-4)38(28)42/h5-22,41-42H,1-4H3. The predicted molar refractivity (Wildman–Crippen MR) is 191 cm³/mol. The van der Waals surface area contributed by atoms with E-state index in [1.807, 2.05) is 87.0 Å². The number of hydrogen-bond donors (Lipinski definition) is 2. The summed E-state index contributed by atoms with van der Waals surface area (Å²) < 4.78 is 0. The van der Waals surface area contributed by atoms with E-state index in [2.05, 4.69) is 36.4 Å². The van der Waals surface area contributed by atoms with E-state index in [0.717, 1.165) is 65.0 Å². The number of hydrogen-bond acceptors (Lipinski definition) is 6. The summed E-state index contributed by atoms with van der Waals surface area (Å²) in [6.45, 7) is 4.04. The number of aryl methyl sites for hydroxylation is 2. The molecule has 6 aromatic carbocycles. The number of aliphatic imine (C=N–C) groups is 2. The third kappa shape index (κ3) is 5.71. The van der Waals surface area contributed by atoms with Crippen LogP contribution in [0.2, 0.25) is 0 Å². The molecule has 0 aliphatic carbocycles. The van der Waals surface area contributed by atoms with Crippen LogP contribution in [0.1, 0.15) is 22.3 Å². The van der Waals surface area contributed by atoms with Gasteiger partial charge in [-0.05, 0) is 95.4 Å². The summed E-state index contributed by atoms with van der Waals surface area (Å²) in [5.41, 5.74) is 6.91. The molecular weight excluding hydrogens is 581 g/mol. The normalized spacial score (nSPS) is 11.8. The molecule has 0 saturated heterocycles. The largest absolute Gasteiger partial charge is 0.506 e. The molecule has 44 heavy (non-hydrogen) atoms. The SMILES string of the molecule is CSc1cc(C)cc(C=Nc2ccc3ccccc3c2-c2c(N=Cc3cc(C)cc(SC)c3O)ccc3ccccc23)c1O. The van der Waals surface area contributed by atoms with E-state index >= 15 is 0 Å². The van der Waals surface area contributed by atoms with Crippen LogP contribution in [-0.4, -0.2) is 35.2 Å². The van der Waals surface area contributed by atoms with Gasteiger partial charge in [-0.1, -0.05) is 60.7 Å². The molecule has 0 radical (unpaired) electrons. The van der Waals surface area contributed by atoms with E-state index in [9.17, 15) is 10.2 Å². The summed E-state index contributed by atoms with van der Waals surface area (Å²) in [5.74, 6) is 0.458. The first kappa shape index (κ1) is 29.5. The van der Waals surface area contributed by atoms with Crippen LogP contribution in [0.4, 0.5) is 11.4 Å². The van der Waals surface area contributed by atoms with Gasteiger partial charge in [0.25, 0.3) is 0 Å². The van der Waals surface area contributed by atoms with Crippen molar-refractivity contribution in [3.8, 4) is 22.6 Å². The van der Waals surface area contributed by atoms with E-state index in [0.29, 0.717) is 11.1 Å². The molecule has 0 saturated carbocycles. The van der Waals surface area contributed by atoms with Crippen LogP contribution in [0, 0.1) is 13.8 Å². The number of rotatable bonds is 7. The molecule has 2 N–H and O–H groups in total. The molecule has 0 aliphatic heterocycles. The van der Waals surface area contributed by atoms with E-state index in [1.54, 1.807) is 12.4 Å².